The third-order valence-electron chi connectivity index (χ3n) is 4.90. The number of aromatic nitrogens is 1. The van der Waals surface area contributed by atoms with Gasteiger partial charge in [0.15, 0.2) is 5.78 Å². The quantitative estimate of drug-likeness (QED) is 0.424. The zero-order valence-corrected chi connectivity index (χ0v) is 17.3. The topological polar surface area (TPSA) is 115 Å². The van der Waals surface area contributed by atoms with E-state index < -0.39 is 16.2 Å². The highest BCUT2D eigenvalue weighted by Crippen LogP contribution is 2.52. The lowest BCUT2D eigenvalue weighted by Gasteiger charge is -2.23. The van der Waals surface area contributed by atoms with Gasteiger partial charge in [-0.25, -0.2) is 0 Å². The smallest absolute Gasteiger partial charge is 0.246 e. The molecule has 0 spiro atoms. The number of carbonyl (C=O) groups excluding carboxylic acids is 3. The van der Waals surface area contributed by atoms with Gasteiger partial charge in [-0.1, -0.05) is 6.08 Å². The van der Waals surface area contributed by atoms with Gasteiger partial charge in [0.05, 0.1) is 18.4 Å². The molecule has 2 amide bonds. The molecular weight excluding hydrogens is 417 g/mol. The lowest BCUT2D eigenvalue weighted by Crippen LogP contribution is -2.47. The lowest BCUT2D eigenvalue weighted by molar-refractivity contribution is -0.135. The van der Waals surface area contributed by atoms with Gasteiger partial charge in [-0.15, -0.1) is 23.2 Å². The van der Waals surface area contributed by atoms with Crippen LogP contribution >= 0.6 is 23.2 Å². The summed E-state index contributed by atoms with van der Waals surface area (Å²) in [5.41, 5.74) is 0.594. The number of carbonyl (C=O) groups is 3. The molecule has 1 aromatic heterocycles. The molecule has 0 saturated heterocycles. The highest BCUT2D eigenvalue weighted by molar-refractivity contribution is 6.50. The number of amides is 2. The van der Waals surface area contributed by atoms with Crippen molar-refractivity contribution in [3.05, 3.63) is 36.3 Å². The van der Waals surface area contributed by atoms with Crippen LogP contribution in [0.3, 0.4) is 0 Å². The Morgan fingerprint density at radius 3 is 2.76 bits per heavy atom. The fourth-order valence-corrected chi connectivity index (χ4v) is 3.58. The van der Waals surface area contributed by atoms with Crippen molar-refractivity contribution in [2.75, 3.05) is 18.4 Å². The molecule has 8 nitrogen and oxygen atoms in total. The van der Waals surface area contributed by atoms with Gasteiger partial charge < -0.3 is 15.5 Å². The average molecular weight is 438 g/mol. The van der Waals surface area contributed by atoms with Crippen LogP contribution in [-0.4, -0.2) is 56.7 Å². The Morgan fingerprint density at radius 1 is 1.38 bits per heavy atom. The largest absolute Gasteiger partial charge is 0.374 e. The Morgan fingerprint density at radius 2 is 2.10 bits per heavy atom. The molecule has 0 aromatic carbocycles. The van der Waals surface area contributed by atoms with Crippen molar-refractivity contribution >= 4 is 52.2 Å². The number of hydrogen-bond acceptors (Lipinski definition) is 6. The summed E-state index contributed by atoms with van der Waals surface area (Å²) in [5.74, 6) is -0.952. The minimum absolute atomic E-state index is 0.0237. The Bertz CT molecular complexity index is 886. The number of alkyl halides is 2. The Labute approximate surface area is 178 Å². The second kappa shape index (κ2) is 8.51. The summed E-state index contributed by atoms with van der Waals surface area (Å²) in [6, 6.07) is 0.904. The molecule has 1 saturated carbocycles. The molecule has 1 aliphatic carbocycles. The Kier molecular flexibility index (Phi) is 6.24. The normalized spacial score (nSPS) is 21.6. The van der Waals surface area contributed by atoms with Crippen LogP contribution in [0.25, 0.3) is 0 Å². The molecule has 3 N–H and O–H groups in total. The number of hydrogen-bond donors (Lipinski definition) is 3. The third-order valence-corrected chi connectivity index (χ3v) is 5.83. The first kappa shape index (κ1) is 21.3. The number of nitrogens with zero attached hydrogens (tertiary/aromatic N) is 2. The van der Waals surface area contributed by atoms with E-state index >= 15 is 0 Å². The molecule has 29 heavy (non-hydrogen) atoms. The summed E-state index contributed by atoms with van der Waals surface area (Å²) in [6.07, 6.45) is 7.31. The summed E-state index contributed by atoms with van der Waals surface area (Å²) in [5, 5.41) is 13.6. The van der Waals surface area contributed by atoms with Crippen LogP contribution in [0, 0.1) is 11.3 Å². The molecule has 1 fully saturated rings. The van der Waals surface area contributed by atoms with Crippen molar-refractivity contribution in [2.24, 2.45) is 5.92 Å². The van der Waals surface area contributed by atoms with E-state index in [-0.39, 0.29) is 30.0 Å². The van der Waals surface area contributed by atoms with E-state index in [0.29, 0.717) is 30.6 Å². The second-order valence-corrected chi connectivity index (χ2v) is 8.59. The van der Waals surface area contributed by atoms with Crippen LogP contribution in [0.5, 0.6) is 0 Å². The van der Waals surface area contributed by atoms with Crippen molar-refractivity contribution in [1.29, 1.82) is 5.41 Å². The molecule has 2 heterocycles. The van der Waals surface area contributed by atoms with Crippen LogP contribution in [-0.2, 0) is 14.4 Å². The summed E-state index contributed by atoms with van der Waals surface area (Å²) in [7, 11) is 0. The number of ketones is 1. The highest BCUT2D eigenvalue weighted by Gasteiger charge is 2.51. The number of pyridine rings is 1. The molecule has 154 valence electrons. The van der Waals surface area contributed by atoms with Gasteiger partial charge in [-0.05, 0) is 18.9 Å². The summed E-state index contributed by atoms with van der Waals surface area (Å²) in [4.78, 5) is 42.0. The number of rotatable bonds is 8. The molecule has 10 heteroatoms. The molecule has 2 aliphatic rings. The Hall–Kier alpha value is -2.45. The molecule has 3 rings (SSSR count). The first-order valence-corrected chi connectivity index (χ1v) is 9.87. The maximum Gasteiger partial charge on any atom is 0.246 e. The van der Waals surface area contributed by atoms with Crippen LogP contribution in [0.2, 0.25) is 0 Å². The van der Waals surface area contributed by atoms with Crippen molar-refractivity contribution in [1.82, 2.24) is 15.2 Å². The van der Waals surface area contributed by atoms with E-state index in [9.17, 15) is 14.4 Å². The van der Waals surface area contributed by atoms with Gasteiger partial charge in [0.2, 0.25) is 11.8 Å². The van der Waals surface area contributed by atoms with Gasteiger partial charge >= 0.3 is 0 Å². The standard InChI is InChI=1S/C19H21Cl2N5O3/c1-11(27)17(22)13-4-5-23-9-14(13)24-10-16(28)26-6-2-3-15(26)18(29)25-8-12-7-19(12,20)21/h2,4-6,9,12,15,22,24H,3,7-8,10H2,1H3,(H,25,29)/t12-,15+/m1/s1. The minimum Gasteiger partial charge on any atom is -0.374 e. The highest BCUT2D eigenvalue weighted by atomic mass is 35.5. The first-order valence-electron chi connectivity index (χ1n) is 9.12. The molecule has 0 unspecified atom stereocenters. The van der Waals surface area contributed by atoms with Gasteiger partial charge in [-0.3, -0.25) is 24.8 Å². The van der Waals surface area contributed by atoms with Gasteiger partial charge in [0.1, 0.15) is 16.1 Å². The summed E-state index contributed by atoms with van der Waals surface area (Å²) < 4.78 is -0.768. The van der Waals surface area contributed by atoms with Gasteiger partial charge in [0, 0.05) is 37.3 Å². The lowest BCUT2D eigenvalue weighted by atomic mass is 10.1. The molecule has 0 radical (unpaired) electrons. The van der Waals surface area contributed by atoms with Gasteiger partial charge in [-0.2, -0.15) is 0 Å². The number of Topliss-reactive ketones (excluding diaryl/α,β-unsaturated/α-hetero) is 1. The number of anilines is 1. The van der Waals surface area contributed by atoms with Gasteiger partial charge in [0.25, 0.3) is 0 Å². The van der Waals surface area contributed by atoms with E-state index in [0.717, 1.165) is 0 Å². The first-order chi connectivity index (χ1) is 13.7. The monoisotopic (exact) mass is 437 g/mol. The van der Waals surface area contributed by atoms with Crippen molar-refractivity contribution in [2.45, 2.75) is 30.1 Å². The third kappa shape index (κ3) is 4.94. The molecule has 0 bridgehead atoms. The molecule has 1 aliphatic heterocycles. The summed E-state index contributed by atoms with van der Waals surface area (Å²) in [6.45, 7) is 1.55. The van der Waals surface area contributed by atoms with E-state index in [2.05, 4.69) is 15.6 Å². The maximum absolute atomic E-state index is 12.7. The predicted molar refractivity (Wildman–Crippen MR) is 110 cm³/mol. The fraction of sp³-hybridized carbons (Fsp3) is 0.421. The van der Waals surface area contributed by atoms with Crippen LogP contribution in [0.15, 0.2) is 30.7 Å². The zero-order chi connectivity index (χ0) is 21.2. The summed E-state index contributed by atoms with van der Waals surface area (Å²) >= 11 is 11.9. The van der Waals surface area contributed by atoms with Crippen LogP contribution in [0.1, 0.15) is 25.3 Å². The van der Waals surface area contributed by atoms with Crippen molar-refractivity contribution < 1.29 is 14.4 Å². The zero-order valence-electron chi connectivity index (χ0n) is 15.7. The number of halogens is 2. The predicted octanol–water partition coefficient (Wildman–Crippen LogP) is 1.87. The van der Waals surface area contributed by atoms with Crippen LogP contribution < -0.4 is 10.6 Å². The van der Waals surface area contributed by atoms with E-state index in [1.165, 1.54) is 30.3 Å². The molecule has 1 aromatic rings. The average Bonchev–Trinajstić information content (AvgIpc) is 3.07. The van der Waals surface area contributed by atoms with E-state index in [1.807, 2.05) is 0 Å². The Balaban J connectivity index is 1.57. The minimum atomic E-state index is -0.768. The van der Waals surface area contributed by atoms with Crippen LogP contribution in [0.4, 0.5) is 5.69 Å². The molecule has 2 atom stereocenters. The van der Waals surface area contributed by atoms with E-state index in [4.69, 9.17) is 28.6 Å². The molecular formula is C19H21Cl2N5O3. The van der Waals surface area contributed by atoms with Crippen molar-refractivity contribution in [3.8, 4) is 0 Å². The fourth-order valence-electron chi connectivity index (χ4n) is 3.05. The SMILES string of the molecule is CC(=O)C(=N)c1ccncc1NCC(=O)N1C=CC[C@H]1C(=O)NC[C@H]1CC1(Cl)Cl. The number of nitrogens with one attached hydrogen (secondary N) is 3. The van der Waals surface area contributed by atoms with Crippen molar-refractivity contribution in [3.63, 3.8) is 0 Å². The maximum atomic E-state index is 12.7. The van der Waals surface area contributed by atoms with E-state index in [1.54, 1.807) is 12.3 Å². The second-order valence-electron chi connectivity index (χ2n) is 7.05.